The monoisotopic (exact) mass is 326 g/mol. The molecule has 120 valence electrons. The van der Waals surface area contributed by atoms with Crippen molar-refractivity contribution in [1.82, 2.24) is 4.31 Å². The SMILES string of the molecule is CS(=O)(=O)N1CCC[C@@H](C(=O)Nc2ccc3c(c2)OCO3)C1. The van der Waals surface area contributed by atoms with Gasteiger partial charge >= 0.3 is 0 Å². The van der Waals surface area contributed by atoms with E-state index in [1.54, 1.807) is 18.2 Å². The number of ether oxygens (including phenoxy) is 2. The van der Waals surface area contributed by atoms with Gasteiger partial charge in [-0.2, -0.15) is 0 Å². The molecule has 8 heteroatoms. The summed E-state index contributed by atoms with van der Waals surface area (Å²) in [6.07, 6.45) is 2.54. The quantitative estimate of drug-likeness (QED) is 0.896. The first-order valence-electron chi connectivity index (χ1n) is 7.09. The van der Waals surface area contributed by atoms with Crippen molar-refractivity contribution in [2.24, 2.45) is 5.92 Å². The van der Waals surface area contributed by atoms with Crippen LogP contribution in [0.2, 0.25) is 0 Å². The van der Waals surface area contributed by atoms with Gasteiger partial charge in [-0.3, -0.25) is 4.79 Å². The second-order valence-corrected chi connectivity index (χ2v) is 7.50. The summed E-state index contributed by atoms with van der Waals surface area (Å²) in [6, 6.07) is 5.18. The fraction of sp³-hybridized carbons (Fsp3) is 0.500. The number of anilines is 1. The Balaban J connectivity index is 1.66. The molecule has 1 aromatic rings. The molecule has 1 amide bonds. The average Bonchev–Trinajstić information content (AvgIpc) is 2.94. The van der Waals surface area contributed by atoms with Crippen molar-refractivity contribution in [1.29, 1.82) is 0 Å². The maximum Gasteiger partial charge on any atom is 0.231 e. The number of nitrogens with zero attached hydrogens (tertiary/aromatic N) is 1. The molecule has 2 aliphatic rings. The summed E-state index contributed by atoms with van der Waals surface area (Å²) in [5.74, 6) is 0.735. The third kappa shape index (κ3) is 3.17. The van der Waals surface area contributed by atoms with Gasteiger partial charge in [-0.05, 0) is 25.0 Å². The molecule has 2 heterocycles. The average molecular weight is 326 g/mol. The molecule has 22 heavy (non-hydrogen) atoms. The van der Waals surface area contributed by atoms with E-state index in [4.69, 9.17) is 9.47 Å². The van der Waals surface area contributed by atoms with Crippen LogP contribution in [0.3, 0.4) is 0 Å². The third-order valence-corrected chi connectivity index (χ3v) is 5.13. The molecule has 1 fully saturated rings. The molecule has 2 aliphatic heterocycles. The molecule has 0 unspecified atom stereocenters. The summed E-state index contributed by atoms with van der Waals surface area (Å²) in [5, 5.41) is 2.82. The number of benzene rings is 1. The Morgan fingerprint density at radius 2 is 2.09 bits per heavy atom. The van der Waals surface area contributed by atoms with Crippen molar-refractivity contribution in [3.8, 4) is 11.5 Å². The number of carbonyl (C=O) groups is 1. The van der Waals surface area contributed by atoms with E-state index in [0.717, 1.165) is 0 Å². The topological polar surface area (TPSA) is 84.9 Å². The first-order chi connectivity index (χ1) is 10.4. The summed E-state index contributed by atoms with van der Waals surface area (Å²) in [7, 11) is -3.26. The lowest BCUT2D eigenvalue weighted by Gasteiger charge is -2.30. The summed E-state index contributed by atoms with van der Waals surface area (Å²) >= 11 is 0. The molecule has 0 bridgehead atoms. The van der Waals surface area contributed by atoms with Gasteiger partial charge in [0.1, 0.15) is 0 Å². The van der Waals surface area contributed by atoms with E-state index >= 15 is 0 Å². The van der Waals surface area contributed by atoms with Crippen LogP contribution in [0.25, 0.3) is 0 Å². The second-order valence-electron chi connectivity index (χ2n) is 5.52. The minimum Gasteiger partial charge on any atom is -0.454 e. The lowest BCUT2D eigenvalue weighted by Crippen LogP contribution is -2.43. The minimum absolute atomic E-state index is 0.174. The van der Waals surface area contributed by atoms with Crippen LogP contribution in [0.4, 0.5) is 5.69 Å². The van der Waals surface area contributed by atoms with Crippen LogP contribution in [0.15, 0.2) is 18.2 Å². The molecule has 0 aromatic heterocycles. The highest BCUT2D eigenvalue weighted by Gasteiger charge is 2.30. The van der Waals surface area contributed by atoms with Gasteiger partial charge in [-0.15, -0.1) is 0 Å². The smallest absolute Gasteiger partial charge is 0.231 e. The Bertz CT molecular complexity index is 688. The fourth-order valence-electron chi connectivity index (χ4n) is 2.68. The predicted octanol–water partition coefficient (Wildman–Crippen LogP) is 1.03. The van der Waals surface area contributed by atoms with Crippen molar-refractivity contribution < 1.29 is 22.7 Å². The molecule has 1 atom stereocenters. The van der Waals surface area contributed by atoms with Gasteiger partial charge in [0.15, 0.2) is 11.5 Å². The Labute approximate surface area is 129 Å². The van der Waals surface area contributed by atoms with E-state index in [1.807, 2.05) is 0 Å². The number of nitrogens with one attached hydrogen (secondary N) is 1. The number of hydrogen-bond acceptors (Lipinski definition) is 5. The second kappa shape index (κ2) is 5.77. The molecule has 1 saturated heterocycles. The van der Waals surface area contributed by atoms with Crippen molar-refractivity contribution in [3.05, 3.63) is 18.2 Å². The largest absolute Gasteiger partial charge is 0.454 e. The summed E-state index contributed by atoms with van der Waals surface area (Å²) in [5.41, 5.74) is 0.616. The minimum atomic E-state index is -3.26. The Morgan fingerprint density at radius 3 is 2.86 bits per heavy atom. The van der Waals surface area contributed by atoms with Crippen LogP contribution in [0, 0.1) is 5.92 Å². The molecule has 0 aliphatic carbocycles. The first-order valence-corrected chi connectivity index (χ1v) is 8.94. The molecule has 0 spiro atoms. The highest BCUT2D eigenvalue weighted by Crippen LogP contribution is 2.34. The molecule has 3 rings (SSSR count). The zero-order valence-corrected chi connectivity index (χ0v) is 13.1. The molecule has 1 aromatic carbocycles. The van der Waals surface area contributed by atoms with Crippen LogP contribution in [0.5, 0.6) is 11.5 Å². The lowest BCUT2D eigenvalue weighted by molar-refractivity contribution is -0.120. The molecule has 1 N–H and O–H groups in total. The summed E-state index contributed by atoms with van der Waals surface area (Å²) in [4.78, 5) is 12.3. The van der Waals surface area contributed by atoms with Gasteiger partial charge in [-0.1, -0.05) is 0 Å². The Kier molecular flexibility index (Phi) is 3.96. The predicted molar refractivity (Wildman–Crippen MR) is 80.3 cm³/mol. The van der Waals surface area contributed by atoms with Gasteiger partial charge in [0.2, 0.25) is 22.7 Å². The molecule has 7 nitrogen and oxygen atoms in total. The highest BCUT2D eigenvalue weighted by molar-refractivity contribution is 7.88. The highest BCUT2D eigenvalue weighted by atomic mass is 32.2. The fourth-order valence-corrected chi connectivity index (χ4v) is 3.59. The van der Waals surface area contributed by atoms with E-state index in [1.165, 1.54) is 10.6 Å². The number of sulfonamides is 1. The first kappa shape index (κ1) is 15.1. The van der Waals surface area contributed by atoms with Crippen LogP contribution < -0.4 is 14.8 Å². The Hall–Kier alpha value is -1.80. The third-order valence-electron chi connectivity index (χ3n) is 3.86. The van der Waals surface area contributed by atoms with Crippen LogP contribution in [-0.4, -0.2) is 44.8 Å². The van der Waals surface area contributed by atoms with Crippen LogP contribution in [-0.2, 0) is 14.8 Å². The maximum absolute atomic E-state index is 12.3. The molecular weight excluding hydrogens is 308 g/mol. The maximum atomic E-state index is 12.3. The van der Waals surface area contributed by atoms with Crippen molar-refractivity contribution in [2.45, 2.75) is 12.8 Å². The van der Waals surface area contributed by atoms with Gasteiger partial charge in [0.25, 0.3) is 0 Å². The number of amides is 1. The van der Waals surface area contributed by atoms with E-state index in [9.17, 15) is 13.2 Å². The number of piperidine rings is 1. The van der Waals surface area contributed by atoms with Gasteiger partial charge in [0.05, 0.1) is 12.2 Å². The zero-order chi connectivity index (χ0) is 15.7. The number of fused-ring (bicyclic) bond motifs is 1. The van der Waals surface area contributed by atoms with Gasteiger partial charge < -0.3 is 14.8 Å². The Morgan fingerprint density at radius 1 is 1.32 bits per heavy atom. The summed E-state index contributed by atoms with van der Waals surface area (Å²) in [6.45, 7) is 0.889. The van der Waals surface area contributed by atoms with E-state index in [0.29, 0.717) is 36.6 Å². The van der Waals surface area contributed by atoms with Crippen molar-refractivity contribution in [3.63, 3.8) is 0 Å². The molecule has 0 radical (unpaired) electrons. The van der Waals surface area contributed by atoms with Gasteiger partial charge in [-0.25, -0.2) is 12.7 Å². The number of rotatable bonds is 3. The van der Waals surface area contributed by atoms with Crippen LogP contribution >= 0.6 is 0 Å². The number of hydrogen-bond donors (Lipinski definition) is 1. The van der Waals surface area contributed by atoms with E-state index < -0.39 is 10.0 Å². The number of carbonyl (C=O) groups excluding carboxylic acids is 1. The normalized spacial score (nSPS) is 21.6. The van der Waals surface area contributed by atoms with Crippen molar-refractivity contribution in [2.75, 3.05) is 31.5 Å². The zero-order valence-electron chi connectivity index (χ0n) is 12.2. The van der Waals surface area contributed by atoms with E-state index in [2.05, 4.69) is 5.32 Å². The molecular formula is C14H18N2O5S. The lowest BCUT2D eigenvalue weighted by atomic mass is 9.98. The van der Waals surface area contributed by atoms with Crippen LogP contribution in [0.1, 0.15) is 12.8 Å². The van der Waals surface area contributed by atoms with Crippen molar-refractivity contribution >= 4 is 21.6 Å². The summed E-state index contributed by atoms with van der Waals surface area (Å²) < 4.78 is 35.1. The molecule has 0 saturated carbocycles. The standard InChI is InChI=1S/C14H18N2O5S/c1-22(18,19)16-6-2-3-10(8-16)14(17)15-11-4-5-12-13(7-11)21-9-20-12/h4-5,7,10H,2-3,6,8-9H2,1H3,(H,15,17)/t10-/m1/s1. The van der Waals surface area contributed by atoms with Gasteiger partial charge in [0, 0.05) is 24.8 Å². The van der Waals surface area contributed by atoms with E-state index in [-0.39, 0.29) is 25.2 Å².